The van der Waals surface area contributed by atoms with E-state index in [0.717, 1.165) is 19.4 Å². The SMILES string of the molecule is COc1nccnc1OC1CCCN(C(=O)CCCl)C1. The lowest BCUT2D eigenvalue weighted by Crippen LogP contribution is -2.44. The van der Waals surface area contributed by atoms with Gasteiger partial charge in [0.2, 0.25) is 5.91 Å². The number of piperidine rings is 1. The molecule has 0 bridgehead atoms. The highest BCUT2D eigenvalue weighted by atomic mass is 35.5. The topological polar surface area (TPSA) is 64.6 Å². The molecule has 1 aliphatic rings. The predicted octanol–water partition coefficient (Wildman–Crippen LogP) is 1.48. The highest BCUT2D eigenvalue weighted by molar-refractivity contribution is 6.18. The Morgan fingerprint density at radius 3 is 2.90 bits per heavy atom. The van der Waals surface area contributed by atoms with Crippen LogP contribution in [-0.4, -0.2) is 53.0 Å². The number of hydrogen-bond acceptors (Lipinski definition) is 5. The van der Waals surface area contributed by atoms with Gasteiger partial charge in [0.15, 0.2) is 0 Å². The van der Waals surface area contributed by atoms with E-state index in [2.05, 4.69) is 9.97 Å². The first-order valence-electron chi connectivity index (χ1n) is 6.60. The van der Waals surface area contributed by atoms with Gasteiger partial charge in [-0.05, 0) is 12.8 Å². The number of ether oxygens (including phenoxy) is 2. The van der Waals surface area contributed by atoms with Crippen LogP contribution in [0.4, 0.5) is 0 Å². The van der Waals surface area contributed by atoms with Gasteiger partial charge in [-0.2, -0.15) is 0 Å². The summed E-state index contributed by atoms with van der Waals surface area (Å²) in [7, 11) is 1.52. The van der Waals surface area contributed by atoms with Crippen LogP contribution in [0.5, 0.6) is 11.8 Å². The lowest BCUT2D eigenvalue weighted by Gasteiger charge is -2.32. The number of likely N-dealkylation sites (tertiary alicyclic amines) is 1. The molecule has 7 heteroatoms. The Morgan fingerprint density at radius 2 is 2.20 bits per heavy atom. The third kappa shape index (κ3) is 3.72. The molecular weight excluding hydrogens is 282 g/mol. The molecule has 1 unspecified atom stereocenters. The van der Waals surface area contributed by atoms with E-state index in [1.807, 2.05) is 0 Å². The van der Waals surface area contributed by atoms with Gasteiger partial charge in [-0.3, -0.25) is 4.79 Å². The fourth-order valence-electron chi connectivity index (χ4n) is 2.19. The number of nitrogens with zero attached hydrogens (tertiary/aromatic N) is 3. The maximum Gasteiger partial charge on any atom is 0.278 e. The lowest BCUT2D eigenvalue weighted by atomic mass is 10.1. The molecule has 1 aromatic heterocycles. The van der Waals surface area contributed by atoms with E-state index >= 15 is 0 Å². The molecule has 2 heterocycles. The Bertz CT molecular complexity index is 458. The van der Waals surface area contributed by atoms with Crippen LogP contribution in [-0.2, 0) is 4.79 Å². The molecule has 1 saturated heterocycles. The summed E-state index contributed by atoms with van der Waals surface area (Å²) in [4.78, 5) is 21.8. The third-order valence-corrected chi connectivity index (χ3v) is 3.33. The van der Waals surface area contributed by atoms with Crippen LogP contribution < -0.4 is 9.47 Å². The number of amides is 1. The van der Waals surface area contributed by atoms with E-state index < -0.39 is 0 Å². The Labute approximate surface area is 123 Å². The zero-order valence-electron chi connectivity index (χ0n) is 11.4. The first-order valence-corrected chi connectivity index (χ1v) is 7.13. The third-order valence-electron chi connectivity index (χ3n) is 3.14. The molecule has 0 saturated carbocycles. The summed E-state index contributed by atoms with van der Waals surface area (Å²) < 4.78 is 10.9. The van der Waals surface area contributed by atoms with Gasteiger partial charge in [-0.25, -0.2) is 9.97 Å². The smallest absolute Gasteiger partial charge is 0.278 e. The zero-order valence-corrected chi connectivity index (χ0v) is 12.2. The van der Waals surface area contributed by atoms with Crippen molar-refractivity contribution >= 4 is 17.5 Å². The second kappa shape index (κ2) is 7.28. The first-order chi connectivity index (χ1) is 9.74. The molecule has 0 aromatic carbocycles. The standard InChI is InChI=1S/C13H18ClN3O3/c1-19-12-13(16-7-6-15-12)20-10-3-2-8-17(9-10)11(18)4-5-14/h6-7,10H,2-5,8-9H2,1H3. The second-order valence-corrected chi connectivity index (χ2v) is 4.91. The van der Waals surface area contributed by atoms with Crippen molar-refractivity contribution in [3.63, 3.8) is 0 Å². The van der Waals surface area contributed by atoms with Crippen LogP contribution in [0.25, 0.3) is 0 Å². The largest absolute Gasteiger partial charge is 0.477 e. The van der Waals surface area contributed by atoms with Gasteiger partial charge in [0.1, 0.15) is 6.10 Å². The van der Waals surface area contributed by atoms with Gasteiger partial charge in [-0.15, -0.1) is 11.6 Å². The average molecular weight is 300 g/mol. The fourth-order valence-corrected chi connectivity index (χ4v) is 2.35. The normalized spacial score (nSPS) is 18.7. The fraction of sp³-hybridized carbons (Fsp3) is 0.615. The van der Waals surface area contributed by atoms with E-state index in [-0.39, 0.29) is 12.0 Å². The first kappa shape index (κ1) is 14.8. The second-order valence-electron chi connectivity index (χ2n) is 4.53. The van der Waals surface area contributed by atoms with E-state index in [0.29, 0.717) is 30.6 Å². The summed E-state index contributed by atoms with van der Waals surface area (Å²) in [6, 6.07) is 0. The Hall–Kier alpha value is -1.56. The summed E-state index contributed by atoms with van der Waals surface area (Å²) in [6.07, 6.45) is 5.16. The van der Waals surface area contributed by atoms with Gasteiger partial charge in [-0.1, -0.05) is 0 Å². The van der Waals surface area contributed by atoms with Crippen molar-refractivity contribution in [3.05, 3.63) is 12.4 Å². The van der Waals surface area contributed by atoms with Gasteiger partial charge >= 0.3 is 0 Å². The molecule has 2 rings (SSSR count). The minimum absolute atomic E-state index is 0.0689. The maximum atomic E-state index is 11.9. The Balaban J connectivity index is 1.97. The molecule has 0 N–H and O–H groups in total. The number of hydrogen-bond donors (Lipinski definition) is 0. The van der Waals surface area contributed by atoms with Crippen LogP contribution in [0.1, 0.15) is 19.3 Å². The van der Waals surface area contributed by atoms with Crippen molar-refractivity contribution in [2.24, 2.45) is 0 Å². The van der Waals surface area contributed by atoms with Gasteiger partial charge < -0.3 is 14.4 Å². The molecule has 1 aromatic rings. The van der Waals surface area contributed by atoms with Crippen LogP contribution >= 0.6 is 11.6 Å². The van der Waals surface area contributed by atoms with Crippen molar-refractivity contribution in [2.75, 3.05) is 26.1 Å². The summed E-state index contributed by atoms with van der Waals surface area (Å²) in [5.41, 5.74) is 0. The van der Waals surface area contributed by atoms with E-state index in [4.69, 9.17) is 21.1 Å². The van der Waals surface area contributed by atoms with Crippen LogP contribution in [0, 0.1) is 0 Å². The quantitative estimate of drug-likeness (QED) is 0.771. The predicted molar refractivity (Wildman–Crippen MR) is 74.2 cm³/mol. The molecule has 0 spiro atoms. The monoisotopic (exact) mass is 299 g/mol. The van der Waals surface area contributed by atoms with Crippen LogP contribution in [0.15, 0.2) is 12.4 Å². The average Bonchev–Trinajstić information content (AvgIpc) is 2.48. The summed E-state index contributed by atoms with van der Waals surface area (Å²) in [5.74, 6) is 1.14. The van der Waals surface area contributed by atoms with Crippen molar-refractivity contribution < 1.29 is 14.3 Å². The number of aromatic nitrogens is 2. The minimum Gasteiger partial charge on any atom is -0.477 e. The summed E-state index contributed by atoms with van der Waals surface area (Å²) >= 11 is 5.61. The highest BCUT2D eigenvalue weighted by Gasteiger charge is 2.25. The van der Waals surface area contributed by atoms with E-state index in [9.17, 15) is 4.79 Å². The number of methoxy groups -OCH3 is 1. The van der Waals surface area contributed by atoms with Crippen molar-refractivity contribution in [1.29, 1.82) is 0 Å². The highest BCUT2D eigenvalue weighted by Crippen LogP contribution is 2.24. The maximum absolute atomic E-state index is 11.9. The molecule has 1 amide bonds. The summed E-state index contributed by atoms with van der Waals surface area (Å²) in [6.45, 7) is 1.31. The molecule has 0 aliphatic carbocycles. The lowest BCUT2D eigenvalue weighted by molar-refractivity contribution is -0.133. The van der Waals surface area contributed by atoms with E-state index in [1.54, 1.807) is 17.3 Å². The number of rotatable bonds is 5. The zero-order chi connectivity index (χ0) is 14.4. The molecular formula is C13H18ClN3O3. The molecule has 6 nitrogen and oxygen atoms in total. The molecule has 0 radical (unpaired) electrons. The van der Waals surface area contributed by atoms with Gasteiger partial charge in [0.05, 0.1) is 13.7 Å². The Kier molecular flexibility index (Phi) is 5.40. The van der Waals surface area contributed by atoms with E-state index in [1.165, 1.54) is 7.11 Å². The molecule has 1 fully saturated rings. The van der Waals surface area contributed by atoms with Crippen molar-refractivity contribution in [2.45, 2.75) is 25.4 Å². The van der Waals surface area contributed by atoms with Crippen LogP contribution in [0.2, 0.25) is 0 Å². The minimum atomic E-state index is -0.0892. The van der Waals surface area contributed by atoms with Gasteiger partial charge in [0.25, 0.3) is 11.8 Å². The van der Waals surface area contributed by atoms with Crippen LogP contribution in [0.3, 0.4) is 0 Å². The number of alkyl halides is 1. The Morgan fingerprint density at radius 1 is 1.45 bits per heavy atom. The van der Waals surface area contributed by atoms with Crippen molar-refractivity contribution in [3.8, 4) is 11.8 Å². The number of carbonyl (C=O) groups is 1. The molecule has 110 valence electrons. The summed E-state index contributed by atoms with van der Waals surface area (Å²) in [5, 5.41) is 0. The molecule has 20 heavy (non-hydrogen) atoms. The molecule has 1 atom stereocenters. The van der Waals surface area contributed by atoms with Gasteiger partial charge in [0, 0.05) is 31.2 Å². The van der Waals surface area contributed by atoms with Crippen molar-refractivity contribution in [1.82, 2.24) is 14.9 Å². The number of carbonyl (C=O) groups excluding carboxylic acids is 1. The number of halogens is 1. The molecule has 1 aliphatic heterocycles.